The van der Waals surface area contributed by atoms with E-state index in [1.807, 2.05) is 48.5 Å². The van der Waals surface area contributed by atoms with Crippen LogP contribution in [0.5, 0.6) is 11.5 Å². The van der Waals surface area contributed by atoms with Gasteiger partial charge < -0.3 is 9.84 Å². The molecule has 0 atom stereocenters. The Hall–Kier alpha value is -2.52. The fraction of sp³-hybridized carbons (Fsp3) is 0.0476. The summed E-state index contributed by atoms with van der Waals surface area (Å²) in [5.74, 6) is 0.992. The molecule has 4 rings (SSSR count). The zero-order valence-corrected chi connectivity index (χ0v) is 14.7. The van der Waals surface area contributed by atoms with E-state index in [9.17, 15) is 5.11 Å². The van der Waals surface area contributed by atoms with Crippen molar-refractivity contribution in [2.75, 3.05) is 7.11 Å². The van der Waals surface area contributed by atoms with Crippen LogP contribution in [0, 0.1) is 0 Å². The zero-order valence-electron chi connectivity index (χ0n) is 13.1. The Morgan fingerprint density at radius 2 is 1.54 bits per heavy atom. The molecule has 0 aliphatic heterocycles. The number of methoxy groups -OCH3 is 1. The van der Waals surface area contributed by atoms with Crippen LogP contribution in [-0.2, 0) is 0 Å². The van der Waals surface area contributed by atoms with Gasteiger partial charge in [-0.05, 0) is 45.8 Å². The molecule has 4 aromatic rings. The summed E-state index contributed by atoms with van der Waals surface area (Å²) in [4.78, 5) is 0. The maximum atomic E-state index is 10.7. The largest absolute Gasteiger partial charge is 0.507 e. The second kappa shape index (κ2) is 5.84. The molecule has 1 N–H and O–H groups in total. The molecule has 0 fully saturated rings. The Balaban J connectivity index is 2.21. The molecule has 0 amide bonds. The van der Waals surface area contributed by atoms with Crippen LogP contribution < -0.4 is 4.74 Å². The van der Waals surface area contributed by atoms with Crippen LogP contribution >= 0.6 is 15.9 Å². The molecule has 0 saturated carbocycles. The van der Waals surface area contributed by atoms with Gasteiger partial charge in [-0.1, -0.05) is 58.4 Å². The minimum Gasteiger partial charge on any atom is -0.507 e. The highest BCUT2D eigenvalue weighted by atomic mass is 79.9. The van der Waals surface area contributed by atoms with Gasteiger partial charge in [0.1, 0.15) is 11.5 Å². The molecule has 2 nitrogen and oxygen atoms in total. The molecule has 24 heavy (non-hydrogen) atoms. The number of rotatable bonds is 2. The third kappa shape index (κ3) is 2.24. The Bertz CT molecular complexity index is 1070. The predicted molar refractivity (Wildman–Crippen MR) is 103 cm³/mol. The Kier molecular flexibility index (Phi) is 3.66. The summed E-state index contributed by atoms with van der Waals surface area (Å²) in [6.45, 7) is 0. The van der Waals surface area contributed by atoms with Crippen molar-refractivity contribution in [3.63, 3.8) is 0 Å². The normalized spacial score (nSPS) is 11.1. The maximum absolute atomic E-state index is 10.7. The van der Waals surface area contributed by atoms with E-state index < -0.39 is 0 Å². The number of hydrogen-bond acceptors (Lipinski definition) is 2. The van der Waals surface area contributed by atoms with Gasteiger partial charge in [-0.3, -0.25) is 0 Å². The smallest absolute Gasteiger partial charge is 0.127 e. The van der Waals surface area contributed by atoms with Gasteiger partial charge in [0.2, 0.25) is 0 Å². The molecular weight excluding hydrogens is 364 g/mol. The highest BCUT2D eigenvalue weighted by Gasteiger charge is 2.17. The molecule has 118 valence electrons. The van der Waals surface area contributed by atoms with Gasteiger partial charge in [0.05, 0.1) is 7.11 Å². The number of phenols is 1. The number of benzene rings is 4. The number of halogens is 1. The quantitative estimate of drug-likeness (QED) is 0.454. The number of ether oxygens (including phenoxy) is 1. The van der Waals surface area contributed by atoms with Crippen molar-refractivity contribution in [3.05, 3.63) is 71.2 Å². The monoisotopic (exact) mass is 378 g/mol. The number of aromatic hydroxyl groups is 1. The van der Waals surface area contributed by atoms with Gasteiger partial charge in [-0.25, -0.2) is 0 Å². The summed E-state index contributed by atoms with van der Waals surface area (Å²) >= 11 is 3.60. The summed E-state index contributed by atoms with van der Waals surface area (Å²) in [5.41, 5.74) is 1.71. The van der Waals surface area contributed by atoms with Crippen molar-refractivity contribution in [1.82, 2.24) is 0 Å². The van der Waals surface area contributed by atoms with Gasteiger partial charge >= 0.3 is 0 Å². The fourth-order valence-electron chi connectivity index (χ4n) is 3.25. The molecule has 0 heterocycles. The summed E-state index contributed by atoms with van der Waals surface area (Å²) in [6, 6.07) is 21.8. The molecule has 0 radical (unpaired) electrons. The van der Waals surface area contributed by atoms with Crippen molar-refractivity contribution in [3.8, 4) is 22.6 Å². The summed E-state index contributed by atoms with van der Waals surface area (Å²) < 4.78 is 6.62. The second-order valence-electron chi connectivity index (χ2n) is 5.66. The Morgan fingerprint density at radius 3 is 2.38 bits per heavy atom. The average Bonchev–Trinajstić information content (AvgIpc) is 2.61. The van der Waals surface area contributed by atoms with Crippen molar-refractivity contribution in [2.45, 2.75) is 0 Å². The van der Waals surface area contributed by atoms with Crippen LogP contribution in [0.25, 0.3) is 32.7 Å². The van der Waals surface area contributed by atoms with Crippen LogP contribution in [0.4, 0.5) is 0 Å². The standard InChI is InChI=1S/C21H15BrO2/c1-24-19-12-9-13-5-2-3-6-14(13)21(19)20-16-7-4-8-17(22)15(16)10-11-18(20)23/h2-12,23H,1H3. The van der Waals surface area contributed by atoms with E-state index >= 15 is 0 Å². The van der Waals surface area contributed by atoms with E-state index in [2.05, 4.69) is 28.1 Å². The molecule has 0 spiro atoms. The lowest BCUT2D eigenvalue weighted by atomic mass is 9.92. The van der Waals surface area contributed by atoms with E-state index in [0.29, 0.717) is 0 Å². The first-order valence-electron chi connectivity index (χ1n) is 7.67. The molecule has 0 aliphatic carbocycles. The lowest BCUT2D eigenvalue weighted by molar-refractivity contribution is 0.416. The number of hydrogen-bond donors (Lipinski definition) is 1. The lowest BCUT2D eigenvalue weighted by Crippen LogP contribution is -1.91. The average molecular weight is 379 g/mol. The van der Waals surface area contributed by atoms with Gasteiger partial charge in [0.25, 0.3) is 0 Å². The molecule has 0 bridgehead atoms. The van der Waals surface area contributed by atoms with Crippen LogP contribution in [0.1, 0.15) is 0 Å². The Morgan fingerprint density at radius 1 is 0.750 bits per heavy atom. The third-order valence-corrected chi connectivity index (χ3v) is 5.04. The zero-order chi connectivity index (χ0) is 16.7. The van der Waals surface area contributed by atoms with E-state index in [-0.39, 0.29) is 5.75 Å². The van der Waals surface area contributed by atoms with E-state index in [1.54, 1.807) is 13.2 Å². The van der Waals surface area contributed by atoms with Gasteiger partial charge in [0.15, 0.2) is 0 Å². The third-order valence-electron chi connectivity index (χ3n) is 4.35. The lowest BCUT2D eigenvalue weighted by Gasteiger charge is -2.16. The van der Waals surface area contributed by atoms with Gasteiger partial charge in [-0.2, -0.15) is 0 Å². The predicted octanol–water partition coefficient (Wildman–Crippen LogP) is 6.14. The van der Waals surface area contributed by atoms with Crippen LogP contribution in [0.3, 0.4) is 0 Å². The molecule has 0 unspecified atom stereocenters. The summed E-state index contributed by atoms with van der Waals surface area (Å²) in [6.07, 6.45) is 0. The number of fused-ring (bicyclic) bond motifs is 2. The SMILES string of the molecule is COc1ccc2ccccc2c1-c1c(O)ccc2c(Br)cccc12. The molecule has 0 saturated heterocycles. The van der Waals surface area contributed by atoms with Crippen molar-refractivity contribution < 1.29 is 9.84 Å². The number of phenolic OH excluding ortho intramolecular Hbond substituents is 1. The summed E-state index contributed by atoms with van der Waals surface area (Å²) in [7, 11) is 1.66. The summed E-state index contributed by atoms with van der Waals surface area (Å²) in [5, 5.41) is 14.9. The first-order chi connectivity index (χ1) is 11.7. The molecule has 0 aliphatic rings. The Labute approximate surface area is 148 Å². The maximum Gasteiger partial charge on any atom is 0.127 e. The fourth-order valence-corrected chi connectivity index (χ4v) is 3.75. The van der Waals surface area contributed by atoms with Crippen molar-refractivity contribution in [2.24, 2.45) is 0 Å². The molecule has 4 aromatic carbocycles. The van der Waals surface area contributed by atoms with Gasteiger partial charge in [-0.15, -0.1) is 0 Å². The topological polar surface area (TPSA) is 29.5 Å². The van der Waals surface area contributed by atoms with Crippen LogP contribution in [0.2, 0.25) is 0 Å². The van der Waals surface area contributed by atoms with E-state index in [4.69, 9.17) is 4.74 Å². The van der Waals surface area contributed by atoms with Crippen LogP contribution in [-0.4, -0.2) is 12.2 Å². The molecular formula is C21H15BrO2. The van der Waals surface area contributed by atoms with Gasteiger partial charge in [0, 0.05) is 15.6 Å². The van der Waals surface area contributed by atoms with E-state index in [0.717, 1.165) is 42.9 Å². The van der Waals surface area contributed by atoms with E-state index in [1.165, 1.54) is 0 Å². The molecule has 0 aromatic heterocycles. The van der Waals surface area contributed by atoms with Crippen LogP contribution in [0.15, 0.2) is 71.2 Å². The first-order valence-corrected chi connectivity index (χ1v) is 8.46. The second-order valence-corrected chi connectivity index (χ2v) is 6.51. The minimum atomic E-state index is 0.246. The highest BCUT2D eigenvalue weighted by Crippen LogP contribution is 2.45. The van der Waals surface area contributed by atoms with Crippen molar-refractivity contribution >= 4 is 37.5 Å². The minimum absolute atomic E-state index is 0.246. The van der Waals surface area contributed by atoms with Crippen molar-refractivity contribution in [1.29, 1.82) is 0 Å². The first kappa shape index (κ1) is 15.0. The molecule has 3 heteroatoms. The highest BCUT2D eigenvalue weighted by molar-refractivity contribution is 9.10.